The Morgan fingerprint density at radius 3 is 2.88 bits per heavy atom. The molecule has 1 aliphatic rings. The van der Waals surface area contributed by atoms with Gasteiger partial charge in [-0.05, 0) is 31.4 Å². The van der Waals surface area contributed by atoms with Crippen molar-refractivity contribution in [2.75, 3.05) is 33.4 Å². The third-order valence-corrected chi connectivity index (χ3v) is 4.71. The van der Waals surface area contributed by atoms with Gasteiger partial charge >= 0.3 is 0 Å². The normalized spacial score (nSPS) is 17.3. The molecule has 1 aliphatic heterocycles. The maximum Gasteiger partial charge on any atom is 0.191 e. The second-order valence-corrected chi connectivity index (χ2v) is 7.07. The van der Waals surface area contributed by atoms with Crippen molar-refractivity contribution in [3.63, 3.8) is 0 Å². The summed E-state index contributed by atoms with van der Waals surface area (Å²) in [6, 6.07) is 6.38. The zero-order chi connectivity index (χ0) is 18.6. The van der Waals surface area contributed by atoms with Crippen molar-refractivity contribution in [2.24, 2.45) is 10.9 Å². The van der Waals surface area contributed by atoms with Crippen LogP contribution in [0.3, 0.4) is 0 Å². The molecule has 0 spiro atoms. The lowest BCUT2D eigenvalue weighted by Crippen LogP contribution is -2.37. The summed E-state index contributed by atoms with van der Waals surface area (Å²) < 4.78 is 11.6. The smallest absolute Gasteiger partial charge is 0.191 e. The van der Waals surface area contributed by atoms with E-state index in [1.807, 2.05) is 7.05 Å². The van der Waals surface area contributed by atoms with Crippen LogP contribution in [0.2, 0.25) is 0 Å². The number of unbranched alkanes of at least 4 members (excludes halogenated alkanes) is 3. The van der Waals surface area contributed by atoms with Gasteiger partial charge in [-0.25, -0.2) is 0 Å². The molecule has 0 bridgehead atoms. The molecule has 5 heteroatoms. The first-order valence-electron chi connectivity index (χ1n) is 9.97. The van der Waals surface area contributed by atoms with E-state index in [9.17, 15) is 0 Å². The fraction of sp³-hybridized carbons (Fsp3) is 0.667. The topological polar surface area (TPSA) is 54.9 Å². The highest BCUT2D eigenvalue weighted by molar-refractivity contribution is 5.79. The van der Waals surface area contributed by atoms with E-state index in [0.29, 0.717) is 12.5 Å². The van der Waals surface area contributed by atoms with Gasteiger partial charge in [0.05, 0.1) is 13.2 Å². The molecule has 1 aromatic rings. The molecular formula is C21H35N3O2. The van der Waals surface area contributed by atoms with Crippen LogP contribution in [-0.4, -0.2) is 39.4 Å². The third-order valence-electron chi connectivity index (χ3n) is 4.71. The maximum absolute atomic E-state index is 6.11. The van der Waals surface area contributed by atoms with Crippen LogP contribution in [0.5, 0.6) is 5.75 Å². The summed E-state index contributed by atoms with van der Waals surface area (Å²) in [7, 11) is 1.81. The second-order valence-electron chi connectivity index (χ2n) is 7.07. The van der Waals surface area contributed by atoms with Gasteiger partial charge in [0.2, 0.25) is 0 Å². The quantitative estimate of drug-likeness (QED) is 0.379. The number of benzene rings is 1. The van der Waals surface area contributed by atoms with Gasteiger partial charge in [0, 0.05) is 38.2 Å². The number of hydrogen-bond donors (Lipinski definition) is 2. The van der Waals surface area contributed by atoms with Gasteiger partial charge in [-0.2, -0.15) is 0 Å². The number of guanidine groups is 1. The van der Waals surface area contributed by atoms with E-state index >= 15 is 0 Å². The van der Waals surface area contributed by atoms with Gasteiger partial charge in [-0.1, -0.05) is 38.3 Å². The summed E-state index contributed by atoms with van der Waals surface area (Å²) in [6.07, 6.45) is 6.09. The number of nitrogens with one attached hydrogen (secondary N) is 2. The van der Waals surface area contributed by atoms with Crippen molar-refractivity contribution in [3.05, 3.63) is 29.3 Å². The van der Waals surface area contributed by atoms with Gasteiger partial charge in [0.15, 0.2) is 5.96 Å². The molecule has 1 heterocycles. The largest absolute Gasteiger partial charge is 0.493 e. The molecule has 1 unspecified atom stereocenters. The van der Waals surface area contributed by atoms with Gasteiger partial charge in [0.1, 0.15) is 5.75 Å². The third kappa shape index (κ3) is 7.24. The van der Waals surface area contributed by atoms with Crippen molar-refractivity contribution in [3.8, 4) is 5.75 Å². The average molecular weight is 362 g/mol. The minimum atomic E-state index is 0.508. The molecule has 0 saturated carbocycles. The van der Waals surface area contributed by atoms with Crippen LogP contribution in [0.4, 0.5) is 0 Å². The van der Waals surface area contributed by atoms with Crippen molar-refractivity contribution in [2.45, 2.75) is 52.5 Å². The Morgan fingerprint density at radius 2 is 2.15 bits per heavy atom. The van der Waals surface area contributed by atoms with Gasteiger partial charge < -0.3 is 20.1 Å². The second kappa shape index (κ2) is 11.8. The van der Waals surface area contributed by atoms with Gasteiger partial charge in [0.25, 0.3) is 0 Å². The number of ether oxygens (including phenoxy) is 2. The molecule has 146 valence electrons. The predicted octanol–water partition coefficient (Wildman–Crippen LogP) is 3.66. The SMILES string of the molecule is CCCCCCNC(=NC)NCc1ccc(C)cc1OCC1CCOC1. The van der Waals surface area contributed by atoms with E-state index in [4.69, 9.17) is 9.47 Å². The van der Waals surface area contributed by atoms with E-state index in [1.54, 1.807) is 0 Å². The summed E-state index contributed by atoms with van der Waals surface area (Å²) in [4.78, 5) is 4.31. The fourth-order valence-corrected chi connectivity index (χ4v) is 3.02. The summed E-state index contributed by atoms with van der Waals surface area (Å²) in [5.74, 6) is 2.31. The van der Waals surface area contributed by atoms with Crippen LogP contribution in [0.15, 0.2) is 23.2 Å². The average Bonchev–Trinajstić information content (AvgIpc) is 3.17. The Kier molecular flexibility index (Phi) is 9.32. The molecule has 1 aromatic carbocycles. The van der Waals surface area contributed by atoms with Crippen LogP contribution < -0.4 is 15.4 Å². The Morgan fingerprint density at radius 1 is 1.27 bits per heavy atom. The molecule has 2 N–H and O–H groups in total. The van der Waals surface area contributed by atoms with E-state index in [1.165, 1.54) is 31.2 Å². The van der Waals surface area contributed by atoms with Crippen LogP contribution in [0.1, 0.15) is 50.2 Å². The summed E-state index contributed by atoms with van der Waals surface area (Å²) in [5.41, 5.74) is 2.37. The van der Waals surface area contributed by atoms with E-state index in [2.05, 4.69) is 47.7 Å². The van der Waals surface area contributed by atoms with Crippen molar-refractivity contribution in [1.29, 1.82) is 0 Å². The van der Waals surface area contributed by atoms with Crippen molar-refractivity contribution in [1.82, 2.24) is 10.6 Å². The Balaban J connectivity index is 1.82. The molecule has 0 amide bonds. The highest BCUT2D eigenvalue weighted by Gasteiger charge is 2.17. The zero-order valence-electron chi connectivity index (χ0n) is 16.6. The van der Waals surface area contributed by atoms with E-state index < -0.39 is 0 Å². The predicted molar refractivity (Wildman–Crippen MR) is 108 cm³/mol. The van der Waals surface area contributed by atoms with Crippen LogP contribution in [0.25, 0.3) is 0 Å². The number of rotatable bonds is 10. The molecule has 26 heavy (non-hydrogen) atoms. The molecule has 0 radical (unpaired) electrons. The van der Waals surface area contributed by atoms with Crippen molar-refractivity contribution < 1.29 is 9.47 Å². The highest BCUT2D eigenvalue weighted by Crippen LogP contribution is 2.22. The van der Waals surface area contributed by atoms with Crippen molar-refractivity contribution >= 4 is 5.96 Å². The van der Waals surface area contributed by atoms with Crippen LogP contribution in [-0.2, 0) is 11.3 Å². The lowest BCUT2D eigenvalue weighted by atomic mass is 10.1. The molecule has 2 rings (SSSR count). The van der Waals surface area contributed by atoms with E-state index in [-0.39, 0.29) is 0 Å². The molecule has 1 atom stereocenters. The molecule has 1 fully saturated rings. The first-order valence-corrected chi connectivity index (χ1v) is 9.97. The Bertz CT molecular complexity index is 554. The fourth-order valence-electron chi connectivity index (χ4n) is 3.02. The van der Waals surface area contributed by atoms with E-state index in [0.717, 1.165) is 50.1 Å². The summed E-state index contributed by atoms with van der Waals surface area (Å²) in [5, 5.41) is 6.79. The standard InChI is InChI=1S/C21H35N3O2/c1-4-5-6-7-11-23-21(22-3)24-14-19-9-8-17(2)13-20(19)26-16-18-10-12-25-15-18/h8-9,13,18H,4-7,10-12,14-16H2,1-3H3,(H2,22,23,24). The lowest BCUT2D eigenvalue weighted by molar-refractivity contribution is 0.166. The molecule has 0 aliphatic carbocycles. The molecule has 5 nitrogen and oxygen atoms in total. The van der Waals surface area contributed by atoms with Crippen LogP contribution >= 0.6 is 0 Å². The summed E-state index contributed by atoms with van der Waals surface area (Å²) >= 11 is 0. The number of nitrogens with zero attached hydrogens (tertiary/aromatic N) is 1. The maximum atomic E-state index is 6.11. The minimum Gasteiger partial charge on any atom is -0.493 e. The number of hydrogen-bond acceptors (Lipinski definition) is 3. The van der Waals surface area contributed by atoms with Crippen LogP contribution in [0, 0.1) is 12.8 Å². The Hall–Kier alpha value is -1.75. The number of aliphatic imine (C=N–C) groups is 1. The number of aryl methyl sites for hydroxylation is 1. The lowest BCUT2D eigenvalue weighted by Gasteiger charge is -2.17. The first-order chi connectivity index (χ1) is 12.7. The van der Waals surface area contributed by atoms with Gasteiger partial charge in [-0.3, -0.25) is 4.99 Å². The zero-order valence-corrected chi connectivity index (χ0v) is 16.6. The van der Waals surface area contributed by atoms with Gasteiger partial charge in [-0.15, -0.1) is 0 Å². The Labute approximate surface area is 158 Å². The molecular weight excluding hydrogens is 326 g/mol. The highest BCUT2D eigenvalue weighted by atomic mass is 16.5. The monoisotopic (exact) mass is 361 g/mol. The molecule has 0 aromatic heterocycles. The first kappa shape index (κ1) is 20.6. The minimum absolute atomic E-state index is 0.508. The summed E-state index contributed by atoms with van der Waals surface area (Å²) in [6.45, 7) is 8.38. The molecule has 1 saturated heterocycles.